The first-order valence-corrected chi connectivity index (χ1v) is 11.9. The third-order valence-electron chi connectivity index (χ3n) is 10.3. The summed E-state index contributed by atoms with van der Waals surface area (Å²) in [5.74, 6) is -1.33. The van der Waals surface area contributed by atoms with Crippen LogP contribution in [0.5, 0.6) is 0 Å². The van der Waals surface area contributed by atoms with E-state index in [0.717, 1.165) is 0 Å². The summed E-state index contributed by atoms with van der Waals surface area (Å²) in [5, 5.41) is 5.76. The number of rotatable bonds is 4. The van der Waals surface area contributed by atoms with Crippen LogP contribution in [0.25, 0.3) is 0 Å². The smallest absolute Gasteiger partial charge is 0.313 e. The summed E-state index contributed by atoms with van der Waals surface area (Å²) in [6.07, 6.45) is 2.19. The molecule has 5 rings (SSSR count). The van der Waals surface area contributed by atoms with Gasteiger partial charge in [0.25, 0.3) is 11.8 Å². The quantitative estimate of drug-likeness (QED) is 0.650. The van der Waals surface area contributed by atoms with E-state index in [0.29, 0.717) is 37.1 Å². The first-order chi connectivity index (χ1) is 15.7. The molecule has 8 heteroatoms. The average Bonchev–Trinajstić information content (AvgIpc) is 3.23. The van der Waals surface area contributed by atoms with Crippen molar-refractivity contribution in [3.8, 4) is 0 Å². The lowest BCUT2D eigenvalue weighted by atomic mass is 9.66. The second-order valence-electron chi connectivity index (χ2n) is 11.8. The SMILES string of the molecule is CC12CCC(C(=O)Nc3ccc(NC(=O)C45CCC(C)(C(=O)O4)C5(C)C)cc3)(OC1=O)C2(C)C. The Bertz CT molecular complexity index is 1050. The number of hydrogen-bond acceptors (Lipinski definition) is 6. The molecular weight excluding hydrogens is 436 g/mol. The van der Waals surface area contributed by atoms with E-state index in [4.69, 9.17) is 9.47 Å². The Hall–Kier alpha value is -2.90. The van der Waals surface area contributed by atoms with E-state index in [9.17, 15) is 19.2 Å². The highest BCUT2D eigenvalue weighted by molar-refractivity contribution is 6.05. The summed E-state index contributed by atoms with van der Waals surface area (Å²) in [6.45, 7) is 11.4. The van der Waals surface area contributed by atoms with Crippen molar-refractivity contribution in [2.75, 3.05) is 10.6 Å². The number of amides is 2. The number of fused-ring (bicyclic) bond motifs is 4. The maximum atomic E-state index is 13.2. The lowest BCUT2D eigenvalue weighted by Gasteiger charge is -2.35. The van der Waals surface area contributed by atoms with Crippen molar-refractivity contribution in [1.82, 2.24) is 0 Å². The van der Waals surface area contributed by atoms with Gasteiger partial charge in [0, 0.05) is 22.2 Å². The maximum absolute atomic E-state index is 13.2. The number of hydrogen-bond donors (Lipinski definition) is 2. The summed E-state index contributed by atoms with van der Waals surface area (Å²) in [6, 6.07) is 6.74. The standard InChI is InChI=1S/C26H32N2O6/c1-21(2)23(5)11-13-25(21,33-19(23)31)17(29)27-15-7-9-16(10-8-15)28-18(30)26-14-12-24(6,20(32)34-26)22(26,3)4/h7-10H,11-14H2,1-6H3,(H,27,29)(H,28,30). The van der Waals surface area contributed by atoms with Gasteiger partial charge in [0.05, 0.1) is 10.8 Å². The van der Waals surface area contributed by atoms with Crippen LogP contribution in [0.1, 0.15) is 67.2 Å². The number of carbonyl (C=O) groups excluding carboxylic acids is 4. The fraction of sp³-hybridized carbons (Fsp3) is 0.615. The van der Waals surface area contributed by atoms with E-state index in [-0.39, 0.29) is 23.8 Å². The van der Waals surface area contributed by atoms with Crippen LogP contribution in [-0.2, 0) is 28.7 Å². The molecule has 0 spiro atoms. The van der Waals surface area contributed by atoms with Crippen molar-refractivity contribution in [2.24, 2.45) is 21.7 Å². The average molecular weight is 469 g/mol. The lowest BCUT2D eigenvalue weighted by Crippen LogP contribution is -2.51. The molecular formula is C26H32N2O6. The number of esters is 2. The zero-order chi connectivity index (χ0) is 24.9. The molecule has 0 radical (unpaired) electrons. The normalized spacial score (nSPS) is 38.4. The molecule has 4 fully saturated rings. The van der Waals surface area contributed by atoms with Gasteiger partial charge >= 0.3 is 11.9 Å². The van der Waals surface area contributed by atoms with Crippen molar-refractivity contribution < 1.29 is 28.7 Å². The molecule has 4 bridgehead atoms. The zero-order valence-electron chi connectivity index (χ0n) is 20.6. The minimum atomic E-state index is -1.20. The highest BCUT2D eigenvalue weighted by atomic mass is 16.6. The van der Waals surface area contributed by atoms with Crippen molar-refractivity contribution in [3.05, 3.63) is 24.3 Å². The fourth-order valence-corrected chi connectivity index (χ4v) is 6.60. The van der Waals surface area contributed by atoms with Gasteiger partial charge in [0.15, 0.2) is 11.2 Å². The van der Waals surface area contributed by atoms with Gasteiger partial charge < -0.3 is 20.1 Å². The molecule has 4 atom stereocenters. The van der Waals surface area contributed by atoms with Gasteiger partial charge in [-0.1, -0.05) is 27.7 Å². The summed E-state index contributed by atoms with van der Waals surface area (Å²) >= 11 is 0. The highest BCUT2D eigenvalue weighted by Gasteiger charge is 2.76. The second kappa shape index (κ2) is 6.40. The van der Waals surface area contributed by atoms with E-state index in [2.05, 4.69) is 10.6 Å². The first-order valence-electron chi connectivity index (χ1n) is 11.9. The number of carbonyl (C=O) groups is 4. The largest absolute Gasteiger partial charge is 0.448 e. The molecule has 2 heterocycles. The summed E-state index contributed by atoms with van der Waals surface area (Å²) in [4.78, 5) is 51.4. The molecule has 34 heavy (non-hydrogen) atoms. The Balaban J connectivity index is 1.30. The number of nitrogens with one attached hydrogen (secondary N) is 2. The topological polar surface area (TPSA) is 111 Å². The Morgan fingerprint density at radius 3 is 1.21 bits per heavy atom. The van der Waals surface area contributed by atoms with Crippen molar-refractivity contribution >= 4 is 35.1 Å². The molecule has 182 valence electrons. The Morgan fingerprint density at radius 2 is 0.971 bits per heavy atom. The van der Waals surface area contributed by atoms with Crippen LogP contribution in [0.15, 0.2) is 24.3 Å². The Kier molecular flexibility index (Phi) is 4.31. The maximum Gasteiger partial charge on any atom is 0.313 e. The molecule has 4 unspecified atom stereocenters. The molecule has 2 aliphatic carbocycles. The molecule has 2 saturated heterocycles. The van der Waals surface area contributed by atoms with Crippen molar-refractivity contribution in [2.45, 2.75) is 78.4 Å². The highest BCUT2D eigenvalue weighted by Crippen LogP contribution is 2.66. The van der Waals surface area contributed by atoms with Crippen LogP contribution in [0.3, 0.4) is 0 Å². The Labute approximate surface area is 199 Å². The van der Waals surface area contributed by atoms with E-state index in [1.807, 2.05) is 41.5 Å². The molecule has 1 aromatic rings. The molecule has 2 amide bonds. The van der Waals surface area contributed by atoms with Crippen LogP contribution in [0, 0.1) is 21.7 Å². The van der Waals surface area contributed by atoms with Gasteiger partial charge in [-0.15, -0.1) is 0 Å². The number of anilines is 2. The van der Waals surface area contributed by atoms with Gasteiger partial charge in [0.2, 0.25) is 0 Å². The second-order valence-corrected chi connectivity index (χ2v) is 11.8. The van der Waals surface area contributed by atoms with Crippen molar-refractivity contribution in [1.29, 1.82) is 0 Å². The molecule has 2 aliphatic heterocycles. The zero-order valence-corrected chi connectivity index (χ0v) is 20.6. The lowest BCUT2D eigenvalue weighted by molar-refractivity contribution is -0.166. The van der Waals surface area contributed by atoms with E-state index < -0.39 is 32.9 Å². The number of ether oxygens (including phenoxy) is 2. The van der Waals surface area contributed by atoms with Gasteiger partial charge in [-0.3, -0.25) is 19.2 Å². The fourth-order valence-electron chi connectivity index (χ4n) is 6.60. The van der Waals surface area contributed by atoms with Crippen molar-refractivity contribution in [3.63, 3.8) is 0 Å². The van der Waals surface area contributed by atoms with Crippen LogP contribution in [0.4, 0.5) is 11.4 Å². The first kappa shape index (κ1) is 22.9. The minimum Gasteiger partial charge on any atom is -0.448 e. The van der Waals surface area contributed by atoms with E-state index in [1.165, 1.54) is 0 Å². The molecule has 1 aromatic carbocycles. The summed E-state index contributed by atoms with van der Waals surface area (Å²) < 4.78 is 11.3. The van der Waals surface area contributed by atoms with Gasteiger partial charge in [-0.05, 0) is 63.8 Å². The van der Waals surface area contributed by atoms with Gasteiger partial charge in [-0.25, -0.2) is 0 Å². The summed E-state index contributed by atoms with van der Waals surface area (Å²) in [5.41, 5.74) is -3.94. The molecule has 8 nitrogen and oxygen atoms in total. The van der Waals surface area contributed by atoms with Gasteiger partial charge in [0.1, 0.15) is 0 Å². The van der Waals surface area contributed by atoms with E-state index >= 15 is 0 Å². The third-order valence-corrected chi connectivity index (χ3v) is 10.3. The molecule has 4 aliphatic rings. The Morgan fingerprint density at radius 1 is 0.647 bits per heavy atom. The van der Waals surface area contributed by atoms with Crippen LogP contribution >= 0.6 is 0 Å². The van der Waals surface area contributed by atoms with Crippen LogP contribution in [-0.4, -0.2) is 35.0 Å². The van der Waals surface area contributed by atoms with Crippen LogP contribution < -0.4 is 10.6 Å². The monoisotopic (exact) mass is 468 g/mol. The predicted molar refractivity (Wildman–Crippen MR) is 124 cm³/mol. The summed E-state index contributed by atoms with van der Waals surface area (Å²) in [7, 11) is 0. The molecule has 2 N–H and O–H groups in total. The number of benzene rings is 1. The molecule has 2 saturated carbocycles. The minimum absolute atomic E-state index is 0.324. The molecule has 0 aromatic heterocycles. The predicted octanol–water partition coefficient (Wildman–Crippen LogP) is 3.81. The van der Waals surface area contributed by atoms with Gasteiger partial charge in [-0.2, -0.15) is 0 Å². The van der Waals surface area contributed by atoms with Crippen LogP contribution in [0.2, 0.25) is 0 Å². The van der Waals surface area contributed by atoms with E-state index in [1.54, 1.807) is 24.3 Å². The third kappa shape index (κ3) is 2.34.